The molecule has 1 aliphatic carbocycles. The van der Waals surface area contributed by atoms with E-state index in [1.165, 1.54) is 37.3 Å². The number of aliphatic imine (C=N–C) groups is 1. The van der Waals surface area contributed by atoms with Gasteiger partial charge in [-0.1, -0.05) is 50.3 Å². The van der Waals surface area contributed by atoms with Crippen molar-refractivity contribution in [3.63, 3.8) is 0 Å². The van der Waals surface area contributed by atoms with Crippen molar-refractivity contribution < 1.29 is 4.39 Å². The summed E-state index contributed by atoms with van der Waals surface area (Å²) in [7, 11) is 0. The van der Waals surface area contributed by atoms with Crippen LogP contribution in [0, 0.1) is 23.6 Å². The molecule has 142 valence electrons. The second kappa shape index (κ2) is 9.11. The maximum atomic E-state index is 14.4. The van der Waals surface area contributed by atoms with Crippen LogP contribution in [0.2, 0.25) is 0 Å². The van der Waals surface area contributed by atoms with Crippen LogP contribution in [0.4, 0.5) is 10.1 Å². The zero-order valence-corrected chi connectivity index (χ0v) is 17.2. The Balaban J connectivity index is 1.81. The molecule has 0 heterocycles. The molecule has 0 spiro atoms. The molecule has 0 aromatic heterocycles. The molecule has 0 radical (unpaired) electrons. The average Bonchev–Trinajstić information content (AvgIpc) is 2.69. The van der Waals surface area contributed by atoms with Gasteiger partial charge in [0.25, 0.3) is 0 Å². The largest absolute Gasteiger partial charge is 0.205 e. The molecular weight excluding hydrogens is 365 g/mol. The summed E-state index contributed by atoms with van der Waals surface area (Å²) < 4.78 is 14.4. The van der Waals surface area contributed by atoms with Crippen LogP contribution in [0.5, 0.6) is 0 Å². The number of rotatable bonds is 3. The van der Waals surface area contributed by atoms with Crippen LogP contribution in [0.1, 0.15) is 67.7 Å². The van der Waals surface area contributed by atoms with Gasteiger partial charge in [-0.15, -0.1) is 0 Å². The molecule has 1 nitrogen and oxygen atoms in total. The molecule has 0 unspecified atom stereocenters. The van der Waals surface area contributed by atoms with Gasteiger partial charge in [-0.25, -0.2) is 4.39 Å². The zero-order valence-electron chi connectivity index (χ0n) is 16.4. The molecule has 0 saturated heterocycles. The molecule has 0 amide bonds. The van der Waals surface area contributed by atoms with Crippen LogP contribution in [-0.4, -0.2) is 5.16 Å². The molecule has 0 atom stereocenters. The Kier molecular flexibility index (Phi) is 6.57. The first-order valence-electron chi connectivity index (χ1n) is 9.67. The van der Waals surface area contributed by atoms with Crippen molar-refractivity contribution in [2.45, 2.75) is 45.4 Å². The van der Waals surface area contributed by atoms with Gasteiger partial charge in [0.2, 0.25) is 0 Å². The Morgan fingerprint density at radius 1 is 1.07 bits per heavy atom. The normalized spacial score (nSPS) is 18.5. The Morgan fingerprint density at radius 2 is 1.71 bits per heavy atom. The van der Waals surface area contributed by atoms with Crippen molar-refractivity contribution in [2.75, 3.05) is 0 Å². The molecule has 1 fully saturated rings. The molecule has 1 aliphatic rings. The summed E-state index contributed by atoms with van der Waals surface area (Å²) in [6.45, 7) is 8.03. The minimum absolute atomic E-state index is 0.166. The van der Waals surface area contributed by atoms with Crippen molar-refractivity contribution in [2.24, 2.45) is 10.9 Å². The third-order valence-corrected chi connectivity index (χ3v) is 5.52. The minimum Gasteiger partial charge on any atom is -0.205 e. The van der Waals surface area contributed by atoms with Gasteiger partial charge in [0.1, 0.15) is 5.69 Å². The number of hydrogen-bond donors (Lipinski definition) is 0. The zero-order chi connectivity index (χ0) is 20.1. The highest BCUT2D eigenvalue weighted by Gasteiger charge is 2.19. The maximum absolute atomic E-state index is 14.4. The second-order valence-corrected chi connectivity index (χ2v) is 7.85. The van der Waals surface area contributed by atoms with E-state index in [0.717, 1.165) is 11.5 Å². The number of thiocarbonyl (C=S) groups is 1. The van der Waals surface area contributed by atoms with Gasteiger partial charge in [0, 0.05) is 16.7 Å². The lowest BCUT2D eigenvalue weighted by Crippen LogP contribution is -2.10. The van der Waals surface area contributed by atoms with Gasteiger partial charge in [-0.3, -0.25) is 0 Å². The Bertz CT molecular complexity index is 980. The molecule has 2 aromatic rings. The fourth-order valence-corrected chi connectivity index (χ4v) is 3.82. The van der Waals surface area contributed by atoms with Crippen LogP contribution in [0.3, 0.4) is 0 Å². The van der Waals surface area contributed by atoms with E-state index in [1.807, 2.05) is 0 Å². The number of hydrogen-bond acceptors (Lipinski definition) is 2. The van der Waals surface area contributed by atoms with E-state index in [9.17, 15) is 4.39 Å². The van der Waals surface area contributed by atoms with Gasteiger partial charge in [-0.05, 0) is 79.2 Å². The summed E-state index contributed by atoms with van der Waals surface area (Å²) >= 11 is 4.61. The van der Waals surface area contributed by atoms with Gasteiger partial charge in [0.15, 0.2) is 5.82 Å². The summed E-state index contributed by atoms with van der Waals surface area (Å²) in [5.41, 5.74) is 4.38. The van der Waals surface area contributed by atoms with Gasteiger partial charge >= 0.3 is 0 Å². The molecule has 1 saturated carbocycles. The Labute approximate surface area is 172 Å². The standard InChI is InChI=1S/C25H24FNS/c1-17(2)23-14-20(15-24(26)25(23)27-16-28)7-6-19-8-12-22(13-9-19)21-10-4-18(3)5-11-21/h8-9,12-15,18,21H,1,4-5,10-11H2,2-3H3. The highest BCUT2D eigenvalue weighted by Crippen LogP contribution is 2.35. The first kappa shape index (κ1) is 20.2. The van der Waals surface area contributed by atoms with Crippen LogP contribution < -0.4 is 0 Å². The molecule has 3 heteroatoms. The van der Waals surface area contributed by atoms with E-state index < -0.39 is 5.82 Å². The van der Waals surface area contributed by atoms with Gasteiger partial charge < -0.3 is 0 Å². The Hall–Kier alpha value is -2.53. The lowest BCUT2D eigenvalue weighted by Gasteiger charge is -2.26. The molecule has 28 heavy (non-hydrogen) atoms. The number of halogens is 1. The fourth-order valence-electron chi connectivity index (χ4n) is 3.73. The fraction of sp³-hybridized carbons (Fsp3) is 0.320. The minimum atomic E-state index is -0.468. The summed E-state index contributed by atoms with van der Waals surface area (Å²) in [5.74, 6) is 7.23. The van der Waals surface area contributed by atoms with Gasteiger partial charge in [-0.2, -0.15) is 4.99 Å². The van der Waals surface area contributed by atoms with Crippen molar-refractivity contribution in [1.82, 2.24) is 0 Å². The average molecular weight is 390 g/mol. The molecule has 3 rings (SSSR count). The summed E-state index contributed by atoms with van der Waals surface area (Å²) in [5, 5.41) is 2.22. The first-order valence-corrected chi connectivity index (χ1v) is 10.1. The molecule has 0 N–H and O–H groups in total. The monoisotopic (exact) mass is 389 g/mol. The smallest absolute Gasteiger partial charge is 0.151 e. The predicted octanol–water partition coefficient (Wildman–Crippen LogP) is 7.29. The lowest BCUT2D eigenvalue weighted by atomic mass is 9.79. The molecule has 2 aromatic carbocycles. The second-order valence-electron chi connectivity index (χ2n) is 7.67. The number of isothiocyanates is 1. The van der Waals surface area contributed by atoms with E-state index in [4.69, 9.17) is 0 Å². The van der Waals surface area contributed by atoms with Crippen molar-refractivity contribution >= 4 is 28.6 Å². The van der Waals surface area contributed by atoms with E-state index in [2.05, 4.69) is 72.0 Å². The third kappa shape index (κ3) is 4.84. The summed E-state index contributed by atoms with van der Waals surface area (Å²) in [4.78, 5) is 3.83. The van der Waals surface area contributed by atoms with E-state index >= 15 is 0 Å². The quantitative estimate of drug-likeness (QED) is 0.305. The van der Waals surface area contributed by atoms with Crippen molar-refractivity contribution in [3.8, 4) is 11.8 Å². The summed E-state index contributed by atoms with van der Waals surface area (Å²) in [6, 6.07) is 11.6. The highest BCUT2D eigenvalue weighted by molar-refractivity contribution is 7.78. The molecule has 0 aliphatic heterocycles. The van der Waals surface area contributed by atoms with Crippen LogP contribution in [0.25, 0.3) is 5.57 Å². The number of allylic oxidation sites excluding steroid dienone is 1. The van der Waals surface area contributed by atoms with Crippen LogP contribution in [-0.2, 0) is 0 Å². The van der Waals surface area contributed by atoms with Crippen molar-refractivity contribution in [1.29, 1.82) is 0 Å². The van der Waals surface area contributed by atoms with Gasteiger partial charge in [0.05, 0.1) is 5.16 Å². The molecular formula is C25H24FNS. The number of benzene rings is 2. The third-order valence-electron chi connectivity index (χ3n) is 5.43. The highest BCUT2D eigenvalue weighted by atomic mass is 32.1. The summed E-state index contributed by atoms with van der Waals surface area (Å²) in [6.07, 6.45) is 5.16. The topological polar surface area (TPSA) is 12.4 Å². The number of nitrogens with zero attached hydrogens (tertiary/aromatic N) is 1. The first-order chi connectivity index (χ1) is 13.5. The van der Waals surface area contributed by atoms with E-state index in [1.54, 1.807) is 13.0 Å². The Morgan fingerprint density at radius 3 is 2.32 bits per heavy atom. The van der Waals surface area contributed by atoms with E-state index in [0.29, 0.717) is 22.6 Å². The van der Waals surface area contributed by atoms with Crippen LogP contribution in [0.15, 0.2) is 48.0 Å². The maximum Gasteiger partial charge on any atom is 0.151 e. The lowest BCUT2D eigenvalue weighted by molar-refractivity contribution is 0.348. The van der Waals surface area contributed by atoms with Crippen molar-refractivity contribution in [3.05, 3.63) is 71.0 Å². The predicted molar refractivity (Wildman–Crippen MR) is 119 cm³/mol. The van der Waals surface area contributed by atoms with E-state index in [-0.39, 0.29) is 5.69 Å². The van der Waals surface area contributed by atoms with Crippen LogP contribution >= 0.6 is 12.2 Å². The molecule has 0 bridgehead atoms. The SMILES string of the molecule is C=C(C)c1cc(C#Cc2ccc(C3CCC(C)CC3)cc2)cc(F)c1N=C=S.